The Morgan fingerprint density at radius 2 is 1.23 bits per heavy atom. The quantitative estimate of drug-likeness (QED) is 0.238. The van der Waals surface area contributed by atoms with Crippen molar-refractivity contribution >= 4 is 46.4 Å². The number of benzene rings is 2. The molecule has 2 N–H and O–H groups in total. The van der Waals surface area contributed by atoms with E-state index in [1.54, 1.807) is 12.1 Å². The van der Waals surface area contributed by atoms with Gasteiger partial charge in [-0.15, -0.1) is 0 Å². The third-order valence-corrected chi connectivity index (χ3v) is 11.2. The topological polar surface area (TPSA) is 100 Å². The van der Waals surface area contributed by atoms with Crippen molar-refractivity contribution in [3.8, 4) is 11.1 Å². The molecule has 252 valence electrons. The van der Waals surface area contributed by atoms with Crippen molar-refractivity contribution in [1.29, 1.82) is 0 Å². The number of imidazole rings is 2. The number of likely N-dealkylation sites (N-methyl/N-ethyl adjacent to an activating group) is 1. The normalized spacial score (nSPS) is 19.9. The minimum Gasteiger partial charge on any atom is -0.327 e. The van der Waals surface area contributed by atoms with Crippen LogP contribution < -0.4 is 10.6 Å². The lowest BCUT2D eigenvalue weighted by Crippen LogP contribution is -2.41. The highest BCUT2D eigenvalue weighted by molar-refractivity contribution is 6.40. The molecule has 0 saturated heterocycles. The minimum atomic E-state index is -0.338. The zero-order valence-corrected chi connectivity index (χ0v) is 29.5. The fourth-order valence-electron chi connectivity index (χ4n) is 7.56. The molecular weight excluding hydrogens is 647 g/mol. The van der Waals surface area contributed by atoms with E-state index in [0.717, 1.165) is 61.2 Å². The second kappa shape index (κ2) is 13.3. The largest absolute Gasteiger partial charge is 0.327 e. The number of carbonyl (C=O) groups excluding carboxylic acids is 2. The predicted molar refractivity (Wildman–Crippen MR) is 190 cm³/mol. The van der Waals surface area contributed by atoms with Gasteiger partial charge in [0.2, 0.25) is 0 Å². The second-order valence-electron chi connectivity index (χ2n) is 13.6. The minimum absolute atomic E-state index is 0.319. The Morgan fingerprint density at radius 1 is 0.729 bits per heavy atom. The number of carbonyl (C=O) groups is 2. The van der Waals surface area contributed by atoms with Gasteiger partial charge in [-0.25, -0.2) is 9.97 Å². The van der Waals surface area contributed by atoms with Crippen molar-refractivity contribution in [2.45, 2.75) is 64.6 Å². The third kappa shape index (κ3) is 6.15. The molecule has 0 radical (unpaired) electrons. The van der Waals surface area contributed by atoms with E-state index >= 15 is 0 Å². The number of nitrogens with zero attached hydrogens (tertiary/aromatic N) is 6. The Hall–Kier alpha value is -3.70. The first-order valence-electron chi connectivity index (χ1n) is 16.8. The maximum Gasteiger partial charge on any atom is 0.291 e. The summed E-state index contributed by atoms with van der Waals surface area (Å²) in [6, 6.07) is 11.4. The van der Waals surface area contributed by atoms with Gasteiger partial charge in [-0.1, -0.05) is 54.4 Å². The maximum atomic E-state index is 13.6. The molecule has 1 saturated carbocycles. The van der Waals surface area contributed by atoms with Crippen LogP contribution in [0.5, 0.6) is 0 Å². The van der Waals surface area contributed by atoms with Gasteiger partial charge in [-0.3, -0.25) is 14.5 Å². The van der Waals surface area contributed by atoms with E-state index in [1.165, 1.54) is 25.7 Å². The molecule has 0 bridgehead atoms. The van der Waals surface area contributed by atoms with Crippen LogP contribution >= 0.6 is 23.2 Å². The van der Waals surface area contributed by atoms with Crippen LogP contribution in [-0.2, 0) is 40.0 Å². The van der Waals surface area contributed by atoms with E-state index in [2.05, 4.69) is 32.3 Å². The number of hydrogen-bond donors (Lipinski definition) is 2. The predicted octanol–water partition coefficient (Wildman–Crippen LogP) is 6.56. The first-order chi connectivity index (χ1) is 23.1. The van der Waals surface area contributed by atoms with Gasteiger partial charge in [0.15, 0.2) is 11.6 Å². The molecule has 4 heterocycles. The number of aromatic nitrogens is 4. The fraction of sp³-hybridized carbons (Fsp3) is 0.444. The lowest BCUT2D eigenvalue weighted by atomic mass is 9.86. The lowest BCUT2D eigenvalue weighted by Gasteiger charge is -2.38. The average Bonchev–Trinajstić information content (AvgIpc) is 3.58. The van der Waals surface area contributed by atoms with Gasteiger partial charge in [-0.2, -0.15) is 0 Å². The SMILES string of the molecule is CC1CCC(N2CCc3c(nc(C(=O)Nc4cccc(-c5cccc(NC(=O)c6nc7c(n6C)CCN(C)C7)c5Cl)c4Cl)n3C)C2)CC1. The molecule has 0 unspecified atom stereocenters. The van der Waals surface area contributed by atoms with Crippen LogP contribution in [0.4, 0.5) is 11.4 Å². The summed E-state index contributed by atoms with van der Waals surface area (Å²) in [4.78, 5) is 41.2. The molecule has 0 spiro atoms. The third-order valence-electron chi connectivity index (χ3n) is 10.4. The van der Waals surface area contributed by atoms with Crippen LogP contribution in [0.15, 0.2) is 36.4 Å². The Bertz CT molecular complexity index is 1890. The number of rotatable bonds is 6. The van der Waals surface area contributed by atoms with Gasteiger partial charge in [0.25, 0.3) is 11.8 Å². The van der Waals surface area contributed by atoms with E-state index in [1.807, 2.05) is 54.5 Å². The number of amides is 2. The van der Waals surface area contributed by atoms with Gasteiger partial charge < -0.3 is 24.7 Å². The number of nitrogens with one attached hydrogen (secondary N) is 2. The molecule has 48 heavy (non-hydrogen) atoms. The first-order valence-corrected chi connectivity index (χ1v) is 17.6. The van der Waals surface area contributed by atoms with Gasteiger partial charge in [0.05, 0.1) is 32.8 Å². The molecule has 4 aromatic rings. The molecule has 1 aliphatic carbocycles. The molecule has 12 heteroatoms. The van der Waals surface area contributed by atoms with Crippen LogP contribution in [0.25, 0.3) is 11.1 Å². The van der Waals surface area contributed by atoms with Gasteiger partial charge >= 0.3 is 0 Å². The molecular formula is C36H42Cl2N8O2. The summed E-state index contributed by atoms with van der Waals surface area (Å²) in [7, 11) is 5.83. The Kier molecular flexibility index (Phi) is 9.10. The molecule has 2 amide bonds. The zero-order chi connectivity index (χ0) is 33.7. The summed E-state index contributed by atoms with van der Waals surface area (Å²) in [5.41, 5.74) is 6.24. The molecule has 0 atom stereocenters. The van der Waals surface area contributed by atoms with Crippen LogP contribution in [0.2, 0.25) is 10.0 Å². The Morgan fingerprint density at radius 3 is 1.77 bits per heavy atom. The molecule has 7 rings (SSSR count). The molecule has 3 aliphatic rings. The van der Waals surface area contributed by atoms with E-state index in [0.29, 0.717) is 56.8 Å². The summed E-state index contributed by atoms with van der Waals surface area (Å²) >= 11 is 13.8. The summed E-state index contributed by atoms with van der Waals surface area (Å²) in [5, 5.41) is 6.62. The lowest BCUT2D eigenvalue weighted by molar-refractivity contribution is 0.100. The molecule has 10 nitrogen and oxygen atoms in total. The summed E-state index contributed by atoms with van der Waals surface area (Å²) in [5.74, 6) is 0.857. The van der Waals surface area contributed by atoms with E-state index in [4.69, 9.17) is 28.2 Å². The van der Waals surface area contributed by atoms with Crippen LogP contribution in [-0.4, -0.2) is 66.9 Å². The number of anilines is 2. The van der Waals surface area contributed by atoms with E-state index in [-0.39, 0.29) is 11.8 Å². The summed E-state index contributed by atoms with van der Waals surface area (Å²) in [6.45, 7) is 5.73. The van der Waals surface area contributed by atoms with Gasteiger partial charge in [-0.05, 0) is 50.8 Å². The zero-order valence-electron chi connectivity index (χ0n) is 27.9. The average molecular weight is 690 g/mol. The van der Waals surface area contributed by atoms with Crippen molar-refractivity contribution in [3.63, 3.8) is 0 Å². The standard InChI is InChI=1S/C36H42Cl2N8O2/c1-21-11-13-22(14-12-21)46-18-16-30-28(20-46)40-34(45(30)4)36(48)42-26-10-6-8-24(32(26)38)23-7-5-9-25(31(23)37)41-35(47)33-39-27-19-43(2)17-15-29(27)44(33)3/h5-10,21-22H,11-20H2,1-4H3,(H,41,47)(H,42,48). The van der Waals surface area contributed by atoms with Crippen LogP contribution in [0.3, 0.4) is 0 Å². The monoisotopic (exact) mass is 688 g/mol. The summed E-state index contributed by atoms with van der Waals surface area (Å²) < 4.78 is 3.78. The van der Waals surface area contributed by atoms with Crippen molar-refractivity contribution in [2.24, 2.45) is 20.0 Å². The maximum absolute atomic E-state index is 13.6. The second-order valence-corrected chi connectivity index (χ2v) is 14.4. The molecule has 2 aliphatic heterocycles. The molecule has 2 aromatic heterocycles. The van der Waals surface area contributed by atoms with E-state index in [9.17, 15) is 9.59 Å². The number of hydrogen-bond acceptors (Lipinski definition) is 6. The highest BCUT2D eigenvalue weighted by Gasteiger charge is 2.31. The fourth-order valence-corrected chi connectivity index (χ4v) is 8.11. The molecule has 1 fully saturated rings. The van der Waals surface area contributed by atoms with Crippen LogP contribution in [0.1, 0.15) is 76.6 Å². The van der Waals surface area contributed by atoms with Crippen molar-refractivity contribution in [2.75, 3.05) is 30.8 Å². The van der Waals surface area contributed by atoms with Gasteiger partial charge in [0, 0.05) is 81.7 Å². The summed E-state index contributed by atoms with van der Waals surface area (Å²) in [6.07, 6.45) is 6.73. The smallest absolute Gasteiger partial charge is 0.291 e. The highest BCUT2D eigenvalue weighted by atomic mass is 35.5. The van der Waals surface area contributed by atoms with Crippen LogP contribution in [0, 0.1) is 5.92 Å². The van der Waals surface area contributed by atoms with Crippen molar-refractivity contribution < 1.29 is 9.59 Å². The number of halogens is 2. The Balaban J connectivity index is 1.08. The molecule has 2 aromatic carbocycles. The van der Waals surface area contributed by atoms with Gasteiger partial charge in [0.1, 0.15) is 0 Å². The van der Waals surface area contributed by atoms with Crippen molar-refractivity contribution in [3.05, 3.63) is 80.9 Å². The first kappa shape index (κ1) is 32.8. The van der Waals surface area contributed by atoms with Crippen molar-refractivity contribution in [1.82, 2.24) is 28.9 Å². The number of fused-ring (bicyclic) bond motifs is 2. The Labute approximate surface area is 291 Å². The van der Waals surface area contributed by atoms with E-state index < -0.39 is 0 Å². The highest BCUT2D eigenvalue weighted by Crippen LogP contribution is 2.40.